The van der Waals surface area contributed by atoms with Gasteiger partial charge in [-0.15, -0.1) is 0 Å². The minimum atomic E-state index is -3.58. The molecule has 0 unspecified atom stereocenters. The number of anilines is 2. The van der Waals surface area contributed by atoms with Gasteiger partial charge < -0.3 is 19.7 Å². The molecule has 1 amide bonds. The van der Waals surface area contributed by atoms with Crippen LogP contribution < -0.4 is 15.9 Å². The Kier molecular flexibility index (Phi) is 7.12. The third-order valence-electron chi connectivity index (χ3n) is 5.32. The Bertz CT molecular complexity index is 1330. The number of fused-ring (bicyclic) bond motifs is 1. The predicted octanol–water partition coefficient (Wildman–Crippen LogP) is 5.42. The number of nitro benzene ring substituents is 1. The van der Waals surface area contributed by atoms with E-state index in [0.29, 0.717) is 33.5 Å². The minimum absolute atomic E-state index is 0.0411. The molecule has 4 rings (SSSR count). The van der Waals surface area contributed by atoms with Crippen LogP contribution >= 0.6 is 7.60 Å². The van der Waals surface area contributed by atoms with Gasteiger partial charge >= 0.3 is 7.60 Å². The highest BCUT2D eigenvalue weighted by atomic mass is 31.2. The van der Waals surface area contributed by atoms with Gasteiger partial charge in [-0.1, -0.05) is 30.3 Å². The van der Waals surface area contributed by atoms with Gasteiger partial charge in [0, 0.05) is 29.1 Å². The Labute approximate surface area is 202 Å². The van der Waals surface area contributed by atoms with Crippen LogP contribution in [0.5, 0.6) is 0 Å². The summed E-state index contributed by atoms with van der Waals surface area (Å²) >= 11 is 0. The van der Waals surface area contributed by atoms with E-state index in [1.165, 1.54) is 12.1 Å². The number of non-ortho nitro benzene ring substituents is 1. The second-order valence-corrected chi connectivity index (χ2v) is 9.59. The number of nitro groups is 1. The van der Waals surface area contributed by atoms with Crippen LogP contribution in [0, 0.1) is 10.1 Å². The number of nitrogens with one attached hydrogen (secondary N) is 2. The van der Waals surface area contributed by atoms with Crippen molar-refractivity contribution in [2.45, 2.75) is 13.8 Å². The van der Waals surface area contributed by atoms with Gasteiger partial charge in [0.2, 0.25) is 0 Å². The van der Waals surface area contributed by atoms with Gasteiger partial charge in [0.05, 0.1) is 34.7 Å². The number of benzene rings is 3. The molecule has 1 aliphatic rings. The van der Waals surface area contributed by atoms with E-state index < -0.39 is 12.5 Å². The molecule has 0 fully saturated rings. The molecule has 10 heteroatoms. The van der Waals surface area contributed by atoms with Crippen molar-refractivity contribution in [2.75, 3.05) is 23.8 Å². The summed E-state index contributed by atoms with van der Waals surface area (Å²) in [5.41, 5.74) is 3.19. The third kappa shape index (κ3) is 5.02. The van der Waals surface area contributed by atoms with Crippen LogP contribution in [0.15, 0.2) is 72.8 Å². The largest absolute Gasteiger partial charge is 0.361 e. The molecule has 9 nitrogen and oxygen atoms in total. The highest BCUT2D eigenvalue weighted by Crippen LogP contribution is 2.48. The summed E-state index contributed by atoms with van der Waals surface area (Å²) in [6.45, 7) is 3.87. The lowest BCUT2D eigenvalue weighted by Gasteiger charge is -2.18. The predicted molar refractivity (Wildman–Crippen MR) is 136 cm³/mol. The maximum Gasteiger partial charge on any atom is 0.361 e. The van der Waals surface area contributed by atoms with Gasteiger partial charge in [0.1, 0.15) is 0 Å². The normalized spacial score (nSPS) is 14.3. The van der Waals surface area contributed by atoms with Crippen LogP contribution in [-0.2, 0) is 18.4 Å². The molecule has 1 heterocycles. The van der Waals surface area contributed by atoms with Crippen LogP contribution in [0.3, 0.4) is 0 Å². The Morgan fingerprint density at radius 2 is 1.66 bits per heavy atom. The fourth-order valence-corrected chi connectivity index (χ4v) is 5.39. The average molecular weight is 493 g/mol. The number of carbonyl (C=O) groups is 1. The molecule has 180 valence electrons. The number of amides is 1. The summed E-state index contributed by atoms with van der Waals surface area (Å²) in [6.07, 6.45) is 0. The van der Waals surface area contributed by atoms with Crippen molar-refractivity contribution in [3.63, 3.8) is 0 Å². The van der Waals surface area contributed by atoms with Crippen molar-refractivity contribution in [1.29, 1.82) is 0 Å². The van der Waals surface area contributed by atoms with Crippen LogP contribution in [0.1, 0.15) is 25.0 Å². The van der Waals surface area contributed by atoms with E-state index in [1.54, 1.807) is 44.2 Å². The molecule has 1 aliphatic heterocycles. The Hall–Kier alpha value is -3.78. The molecule has 35 heavy (non-hydrogen) atoms. The number of rotatable bonds is 9. The van der Waals surface area contributed by atoms with Crippen LogP contribution in [0.4, 0.5) is 17.1 Å². The highest BCUT2D eigenvalue weighted by Gasteiger charge is 2.33. The fourth-order valence-electron chi connectivity index (χ4n) is 3.79. The zero-order valence-electron chi connectivity index (χ0n) is 19.2. The summed E-state index contributed by atoms with van der Waals surface area (Å²) < 4.78 is 24.4. The third-order valence-corrected chi connectivity index (χ3v) is 7.43. The van der Waals surface area contributed by atoms with Crippen molar-refractivity contribution in [3.8, 4) is 0 Å². The summed E-state index contributed by atoms with van der Waals surface area (Å²) in [7, 11) is -3.58. The number of nitrogens with zero attached hydrogens (tertiary/aromatic N) is 1. The Balaban J connectivity index is 1.87. The first-order valence-electron chi connectivity index (χ1n) is 11.0. The molecule has 0 aromatic heterocycles. The quantitative estimate of drug-likeness (QED) is 0.177. The first-order valence-corrected chi connectivity index (χ1v) is 12.6. The molecule has 0 spiro atoms. The summed E-state index contributed by atoms with van der Waals surface area (Å²) in [4.78, 5) is 23.7. The molecule has 2 N–H and O–H groups in total. The topological polar surface area (TPSA) is 120 Å². The van der Waals surface area contributed by atoms with Crippen LogP contribution in [0.25, 0.3) is 11.3 Å². The van der Waals surface area contributed by atoms with E-state index in [9.17, 15) is 19.5 Å². The lowest BCUT2D eigenvalue weighted by molar-refractivity contribution is -0.384. The first-order chi connectivity index (χ1) is 16.9. The van der Waals surface area contributed by atoms with E-state index in [-0.39, 0.29) is 24.8 Å². The zero-order chi connectivity index (χ0) is 25.0. The van der Waals surface area contributed by atoms with Gasteiger partial charge in [-0.2, -0.15) is 0 Å². The molecule has 0 aliphatic carbocycles. The van der Waals surface area contributed by atoms with E-state index in [0.717, 1.165) is 5.56 Å². The molecule has 0 atom stereocenters. The van der Waals surface area contributed by atoms with E-state index >= 15 is 0 Å². The monoisotopic (exact) mass is 493 g/mol. The van der Waals surface area contributed by atoms with Crippen molar-refractivity contribution in [2.24, 2.45) is 0 Å². The first kappa shape index (κ1) is 24.3. The maximum absolute atomic E-state index is 13.4. The smallest absolute Gasteiger partial charge is 0.354 e. The molecule has 0 saturated carbocycles. The minimum Gasteiger partial charge on any atom is -0.354 e. The van der Waals surface area contributed by atoms with Crippen LogP contribution in [-0.4, -0.2) is 24.0 Å². The Morgan fingerprint density at radius 3 is 2.26 bits per heavy atom. The second kappa shape index (κ2) is 10.2. The fraction of sp³-hybridized carbons (Fsp3) is 0.160. The lowest BCUT2D eigenvalue weighted by Crippen LogP contribution is -2.12. The lowest BCUT2D eigenvalue weighted by atomic mass is 10.00. The van der Waals surface area contributed by atoms with Crippen molar-refractivity contribution in [3.05, 3.63) is 94.0 Å². The van der Waals surface area contributed by atoms with Crippen molar-refractivity contribution < 1.29 is 23.3 Å². The SMILES string of the molecule is CCOP(=O)(OCC)c1ccc2c(c1)/C(=C(/Nc1ccc([N+](=O)[O-])cc1)c1ccccc1)C(=O)N2. The maximum atomic E-state index is 13.4. The average Bonchev–Trinajstić information content (AvgIpc) is 3.18. The van der Waals surface area contributed by atoms with Crippen molar-refractivity contribution in [1.82, 2.24) is 0 Å². The van der Waals surface area contributed by atoms with E-state index in [1.807, 2.05) is 30.3 Å². The van der Waals surface area contributed by atoms with Gasteiger partial charge in [-0.25, -0.2) is 0 Å². The number of carbonyl (C=O) groups excluding carboxylic acids is 1. The summed E-state index contributed by atoms with van der Waals surface area (Å²) in [6, 6.07) is 20.1. The number of hydrogen-bond acceptors (Lipinski definition) is 7. The molecular formula is C25H24N3O6P. The molecule has 0 saturated heterocycles. The van der Waals surface area contributed by atoms with E-state index in [2.05, 4.69) is 10.6 Å². The standard InChI is InChI=1S/C25H24N3O6P/c1-3-33-35(32,34-4-2)20-14-15-22-21(16-20)23(25(29)27-22)24(17-8-6-5-7-9-17)26-18-10-12-19(13-11-18)28(30)31/h5-16,26H,3-4H2,1-2H3,(H,27,29)/b24-23-. The van der Waals surface area contributed by atoms with E-state index in [4.69, 9.17) is 9.05 Å². The molecule has 3 aromatic carbocycles. The molecule has 0 bridgehead atoms. The molecule has 0 radical (unpaired) electrons. The zero-order valence-corrected chi connectivity index (χ0v) is 20.1. The van der Waals surface area contributed by atoms with Crippen molar-refractivity contribution >= 4 is 47.1 Å². The van der Waals surface area contributed by atoms with Gasteiger partial charge in [0.25, 0.3) is 11.6 Å². The van der Waals surface area contributed by atoms with Gasteiger partial charge in [-0.05, 0) is 49.7 Å². The van der Waals surface area contributed by atoms with Gasteiger partial charge in [0.15, 0.2) is 0 Å². The molecule has 3 aromatic rings. The molecular weight excluding hydrogens is 469 g/mol. The van der Waals surface area contributed by atoms with Crippen LogP contribution in [0.2, 0.25) is 0 Å². The second-order valence-electron chi connectivity index (χ2n) is 7.56. The Morgan fingerprint density at radius 1 is 1.00 bits per heavy atom. The number of hydrogen-bond donors (Lipinski definition) is 2. The summed E-state index contributed by atoms with van der Waals surface area (Å²) in [5, 5.41) is 17.5. The van der Waals surface area contributed by atoms with Gasteiger partial charge in [-0.3, -0.25) is 19.5 Å². The summed E-state index contributed by atoms with van der Waals surface area (Å²) in [5.74, 6) is -0.340. The highest BCUT2D eigenvalue weighted by molar-refractivity contribution is 7.62.